The first-order chi connectivity index (χ1) is 4.31. The Labute approximate surface area is 53.3 Å². The number of hydrogen-bond acceptors (Lipinski definition) is 2. The van der Waals surface area contributed by atoms with Gasteiger partial charge >= 0.3 is 5.97 Å². The molecule has 0 saturated carbocycles. The second-order valence-corrected chi connectivity index (χ2v) is 1.26. The number of esters is 1. The van der Waals surface area contributed by atoms with Crippen LogP contribution in [0.5, 0.6) is 0 Å². The van der Waals surface area contributed by atoms with Crippen LogP contribution >= 0.6 is 0 Å². The summed E-state index contributed by atoms with van der Waals surface area (Å²) in [5.41, 5.74) is 0. The molecule has 1 radical (unpaired) electrons. The van der Waals surface area contributed by atoms with Crippen LogP contribution < -0.4 is 0 Å². The van der Waals surface area contributed by atoms with E-state index in [0.29, 0.717) is 0 Å². The maximum Gasteiger partial charge on any atom is 0.330 e. The number of carbonyl (C=O) groups excluding carboxylic acids is 1. The number of halogens is 1. The molecule has 0 aliphatic heterocycles. The smallest absolute Gasteiger partial charge is 0.330 e. The van der Waals surface area contributed by atoms with E-state index in [9.17, 15) is 9.18 Å². The van der Waals surface area contributed by atoms with Gasteiger partial charge in [-0.25, -0.2) is 9.18 Å². The van der Waals surface area contributed by atoms with Crippen LogP contribution in [-0.2, 0) is 9.53 Å². The molecule has 0 unspecified atom stereocenters. The highest BCUT2D eigenvalue weighted by Crippen LogP contribution is 1.80. The van der Waals surface area contributed by atoms with Gasteiger partial charge in [-0.1, -0.05) is 6.08 Å². The standard InChI is InChI=1S/C6H8FO2/c1-2-3-6(8)9-5-4-7/h2-3H,1,4-5H2. The molecule has 0 spiro atoms. The summed E-state index contributed by atoms with van der Waals surface area (Å²) in [4.78, 5) is 10.3. The fraction of sp³-hybridized carbons (Fsp3) is 0.333. The molecule has 0 aliphatic rings. The maximum atomic E-state index is 11.3. The number of alkyl halides is 1. The molecule has 0 aliphatic carbocycles. The summed E-state index contributed by atoms with van der Waals surface area (Å²) in [6, 6.07) is 0. The summed E-state index contributed by atoms with van der Waals surface area (Å²) < 4.78 is 15.6. The molecule has 2 nitrogen and oxygen atoms in total. The number of carbonyl (C=O) groups is 1. The molecule has 0 aromatic rings. The Bertz CT molecular complexity index is 110. The van der Waals surface area contributed by atoms with Crippen molar-refractivity contribution in [3.63, 3.8) is 0 Å². The Hall–Kier alpha value is -0.860. The summed E-state index contributed by atoms with van der Waals surface area (Å²) in [6.07, 6.45) is 2.43. The molecule has 0 aromatic heterocycles. The molecule has 0 amide bonds. The second-order valence-electron chi connectivity index (χ2n) is 1.26. The Balaban J connectivity index is 3.27. The minimum atomic E-state index is -0.642. The van der Waals surface area contributed by atoms with Crippen LogP contribution in [0.25, 0.3) is 0 Å². The van der Waals surface area contributed by atoms with E-state index >= 15 is 0 Å². The third-order valence-electron chi connectivity index (χ3n) is 0.575. The van der Waals surface area contributed by atoms with Gasteiger partial charge in [0, 0.05) is 6.08 Å². The van der Waals surface area contributed by atoms with E-state index in [4.69, 9.17) is 0 Å². The van der Waals surface area contributed by atoms with Crippen molar-refractivity contribution in [2.45, 2.75) is 0 Å². The molecule has 9 heavy (non-hydrogen) atoms. The van der Waals surface area contributed by atoms with Crippen molar-refractivity contribution in [2.24, 2.45) is 0 Å². The van der Waals surface area contributed by atoms with Gasteiger partial charge in [-0.2, -0.15) is 0 Å². The van der Waals surface area contributed by atoms with Crippen LogP contribution in [0.1, 0.15) is 0 Å². The van der Waals surface area contributed by atoms with E-state index in [1.165, 1.54) is 6.08 Å². The molecular weight excluding hydrogens is 123 g/mol. The minimum Gasteiger partial charge on any atom is -0.460 e. The lowest BCUT2D eigenvalue weighted by atomic mass is 10.5. The highest BCUT2D eigenvalue weighted by atomic mass is 19.1. The van der Waals surface area contributed by atoms with Crippen molar-refractivity contribution in [3.05, 3.63) is 19.1 Å². The van der Waals surface area contributed by atoms with Gasteiger partial charge in [0.2, 0.25) is 0 Å². The zero-order valence-corrected chi connectivity index (χ0v) is 4.97. The van der Waals surface area contributed by atoms with E-state index in [2.05, 4.69) is 11.7 Å². The molecule has 0 rings (SSSR count). The molecule has 0 aromatic carbocycles. The first kappa shape index (κ1) is 8.14. The van der Waals surface area contributed by atoms with Gasteiger partial charge in [-0.15, -0.1) is 0 Å². The first-order valence-electron chi connectivity index (χ1n) is 2.49. The second kappa shape index (κ2) is 5.28. The monoisotopic (exact) mass is 131 g/mol. The van der Waals surface area contributed by atoms with E-state index in [1.54, 1.807) is 0 Å². The third-order valence-corrected chi connectivity index (χ3v) is 0.575. The van der Waals surface area contributed by atoms with E-state index < -0.39 is 12.6 Å². The first-order valence-corrected chi connectivity index (χ1v) is 2.49. The molecule has 51 valence electrons. The van der Waals surface area contributed by atoms with Crippen molar-refractivity contribution < 1.29 is 13.9 Å². The largest absolute Gasteiger partial charge is 0.460 e. The molecule has 0 heterocycles. The molecule has 3 heteroatoms. The van der Waals surface area contributed by atoms with E-state index in [-0.39, 0.29) is 6.61 Å². The zero-order chi connectivity index (χ0) is 7.11. The van der Waals surface area contributed by atoms with Crippen molar-refractivity contribution in [3.8, 4) is 0 Å². The Morgan fingerprint density at radius 2 is 2.44 bits per heavy atom. The van der Waals surface area contributed by atoms with Crippen LogP contribution in [0.4, 0.5) is 4.39 Å². The van der Waals surface area contributed by atoms with Crippen molar-refractivity contribution in [1.82, 2.24) is 0 Å². The third kappa shape index (κ3) is 5.00. The van der Waals surface area contributed by atoms with Crippen LogP contribution in [-0.4, -0.2) is 19.3 Å². The Kier molecular flexibility index (Phi) is 4.78. The van der Waals surface area contributed by atoms with Crippen LogP contribution in [0.2, 0.25) is 0 Å². The Morgan fingerprint density at radius 1 is 1.78 bits per heavy atom. The van der Waals surface area contributed by atoms with Gasteiger partial charge in [0.15, 0.2) is 0 Å². The van der Waals surface area contributed by atoms with Gasteiger partial charge in [0.1, 0.15) is 13.3 Å². The van der Waals surface area contributed by atoms with Crippen molar-refractivity contribution in [1.29, 1.82) is 0 Å². The molecular formula is C6H8FO2. The number of hydrogen-bond donors (Lipinski definition) is 0. The maximum absolute atomic E-state index is 11.3. The predicted molar refractivity (Wildman–Crippen MR) is 31.4 cm³/mol. The van der Waals surface area contributed by atoms with Crippen LogP contribution in [0.3, 0.4) is 0 Å². The number of ether oxygens (including phenoxy) is 1. The fourth-order valence-electron chi connectivity index (χ4n) is 0.284. The lowest BCUT2D eigenvalue weighted by Gasteiger charge is -1.93. The molecule has 0 bridgehead atoms. The summed E-state index contributed by atoms with van der Waals surface area (Å²) in [7, 11) is 0. The average Bonchev–Trinajstić information content (AvgIpc) is 1.85. The predicted octanol–water partition coefficient (Wildman–Crippen LogP) is 0.889. The van der Waals surface area contributed by atoms with Gasteiger partial charge in [-0.3, -0.25) is 0 Å². The van der Waals surface area contributed by atoms with Gasteiger partial charge in [0.25, 0.3) is 0 Å². The van der Waals surface area contributed by atoms with Gasteiger partial charge in [-0.05, 0) is 6.92 Å². The van der Waals surface area contributed by atoms with Crippen LogP contribution in [0.15, 0.2) is 12.2 Å². The quantitative estimate of drug-likeness (QED) is 0.420. The molecule has 0 N–H and O–H groups in total. The Morgan fingerprint density at radius 3 is 2.89 bits per heavy atom. The van der Waals surface area contributed by atoms with Crippen LogP contribution in [0, 0.1) is 6.92 Å². The summed E-state index contributed by atoms with van der Waals surface area (Å²) >= 11 is 0. The fourth-order valence-corrected chi connectivity index (χ4v) is 0.284. The van der Waals surface area contributed by atoms with Crippen molar-refractivity contribution >= 4 is 5.97 Å². The average molecular weight is 131 g/mol. The molecule has 0 fully saturated rings. The lowest BCUT2D eigenvalue weighted by molar-refractivity contribution is -0.138. The minimum absolute atomic E-state index is 0.177. The van der Waals surface area contributed by atoms with E-state index in [1.807, 2.05) is 0 Å². The molecule has 0 atom stereocenters. The summed E-state index contributed by atoms with van der Waals surface area (Å²) in [5, 5.41) is 0. The number of rotatable bonds is 3. The highest BCUT2D eigenvalue weighted by Gasteiger charge is 1.92. The zero-order valence-electron chi connectivity index (χ0n) is 4.97. The van der Waals surface area contributed by atoms with Crippen molar-refractivity contribution in [2.75, 3.05) is 13.3 Å². The lowest BCUT2D eigenvalue weighted by Crippen LogP contribution is -2.02. The SMILES string of the molecule is [CH2]C=CC(=O)OCCF. The summed E-state index contributed by atoms with van der Waals surface area (Å²) in [6.45, 7) is 2.44. The summed E-state index contributed by atoms with van der Waals surface area (Å²) in [5.74, 6) is -0.553. The van der Waals surface area contributed by atoms with Gasteiger partial charge < -0.3 is 4.74 Å². The highest BCUT2D eigenvalue weighted by molar-refractivity contribution is 5.81. The van der Waals surface area contributed by atoms with Gasteiger partial charge in [0.05, 0.1) is 0 Å². The topological polar surface area (TPSA) is 26.3 Å². The normalized spacial score (nSPS) is 10.0. The molecule has 0 saturated heterocycles. The number of allylic oxidation sites excluding steroid dienone is 1. The van der Waals surface area contributed by atoms with E-state index in [0.717, 1.165) is 6.08 Å².